The lowest BCUT2D eigenvalue weighted by molar-refractivity contribution is 1.32. The van der Waals surface area contributed by atoms with Crippen molar-refractivity contribution in [1.29, 1.82) is 5.26 Å². The van der Waals surface area contributed by atoms with Gasteiger partial charge >= 0.3 is 0 Å². The second-order valence-corrected chi connectivity index (χ2v) is 2.66. The first-order chi connectivity index (χ1) is 6.24. The first-order valence-corrected chi connectivity index (χ1v) is 3.88. The molecule has 0 aliphatic carbocycles. The van der Waals surface area contributed by atoms with E-state index < -0.39 is 0 Å². The molecular weight excluding hydrogens is 186 g/mol. The zero-order valence-corrected chi connectivity index (χ0v) is 7.47. The predicted molar refractivity (Wildman–Crippen MR) is 50.8 cm³/mol. The van der Waals surface area contributed by atoms with Crippen LogP contribution in [0.2, 0.25) is 5.02 Å². The Morgan fingerprint density at radius 2 is 2.38 bits per heavy atom. The van der Waals surface area contributed by atoms with E-state index >= 15 is 0 Å². The van der Waals surface area contributed by atoms with Gasteiger partial charge in [-0.1, -0.05) is 23.4 Å². The highest BCUT2D eigenvalue weighted by Gasteiger charge is 1.96. The molecule has 4 heteroatoms. The van der Waals surface area contributed by atoms with Crippen LogP contribution in [0.4, 0.5) is 5.82 Å². The molecule has 2 N–H and O–H groups in total. The highest BCUT2D eigenvalue weighted by atomic mass is 35.5. The molecule has 0 radical (unpaired) electrons. The molecule has 0 spiro atoms. The number of nitrogen functional groups attached to an aromatic ring is 1. The number of hydrogen-bond acceptors (Lipinski definition) is 3. The standard InChI is InChI=1S/C9H6ClN3/c10-8-5-7(3-1-2-4-11)9(12)13-6-8/h5-6H,2H2,(H2,12,13). The summed E-state index contributed by atoms with van der Waals surface area (Å²) in [5.74, 6) is 5.67. The van der Waals surface area contributed by atoms with Crippen LogP contribution in [0.25, 0.3) is 0 Å². The van der Waals surface area contributed by atoms with Crippen molar-refractivity contribution in [3.63, 3.8) is 0 Å². The van der Waals surface area contributed by atoms with E-state index in [-0.39, 0.29) is 6.42 Å². The summed E-state index contributed by atoms with van der Waals surface area (Å²) in [5, 5.41) is 8.72. The van der Waals surface area contributed by atoms with E-state index in [0.29, 0.717) is 16.4 Å². The average Bonchev–Trinajstić information content (AvgIpc) is 2.11. The molecule has 0 unspecified atom stereocenters. The minimum absolute atomic E-state index is 0.173. The first-order valence-electron chi connectivity index (χ1n) is 3.51. The summed E-state index contributed by atoms with van der Waals surface area (Å²) < 4.78 is 0. The van der Waals surface area contributed by atoms with E-state index in [1.54, 1.807) is 6.07 Å². The summed E-state index contributed by atoms with van der Waals surface area (Å²) in [5.41, 5.74) is 6.07. The lowest BCUT2D eigenvalue weighted by atomic mass is 10.2. The summed E-state index contributed by atoms with van der Waals surface area (Å²) in [4.78, 5) is 3.82. The molecule has 0 atom stereocenters. The van der Waals surface area contributed by atoms with E-state index in [1.807, 2.05) is 6.07 Å². The third-order valence-electron chi connectivity index (χ3n) is 1.28. The van der Waals surface area contributed by atoms with E-state index in [4.69, 9.17) is 22.6 Å². The summed E-state index contributed by atoms with van der Waals surface area (Å²) in [6.07, 6.45) is 1.62. The number of nitrogens with zero attached hydrogens (tertiary/aromatic N) is 2. The van der Waals surface area contributed by atoms with Crippen LogP contribution in [-0.2, 0) is 0 Å². The molecule has 0 aromatic carbocycles. The molecule has 1 aromatic rings. The van der Waals surface area contributed by atoms with Gasteiger partial charge in [0.25, 0.3) is 0 Å². The topological polar surface area (TPSA) is 62.7 Å². The maximum absolute atomic E-state index is 8.24. The van der Waals surface area contributed by atoms with Gasteiger partial charge in [-0.25, -0.2) is 4.98 Å². The van der Waals surface area contributed by atoms with Crippen LogP contribution >= 0.6 is 11.6 Å². The van der Waals surface area contributed by atoms with Crippen LogP contribution in [0, 0.1) is 23.2 Å². The SMILES string of the molecule is N#CCC#Cc1cc(Cl)cnc1N. The smallest absolute Gasteiger partial charge is 0.139 e. The van der Waals surface area contributed by atoms with E-state index in [2.05, 4.69) is 16.8 Å². The summed E-state index contributed by atoms with van der Waals surface area (Å²) in [6, 6.07) is 3.52. The van der Waals surface area contributed by atoms with Crippen LogP contribution in [-0.4, -0.2) is 4.98 Å². The maximum atomic E-state index is 8.24. The third-order valence-corrected chi connectivity index (χ3v) is 1.48. The molecule has 0 fully saturated rings. The predicted octanol–water partition coefficient (Wildman–Crippen LogP) is 1.58. The van der Waals surface area contributed by atoms with Crippen LogP contribution in [0.15, 0.2) is 12.3 Å². The minimum atomic E-state index is 0.173. The quantitative estimate of drug-likeness (QED) is 0.634. The summed E-state index contributed by atoms with van der Waals surface area (Å²) in [7, 11) is 0. The second kappa shape index (κ2) is 4.35. The summed E-state index contributed by atoms with van der Waals surface area (Å²) >= 11 is 5.68. The molecule has 0 amide bonds. The Labute approximate surface area is 81.1 Å². The van der Waals surface area contributed by atoms with Gasteiger partial charge in [0.05, 0.1) is 23.1 Å². The van der Waals surface area contributed by atoms with Crippen molar-refractivity contribution in [2.24, 2.45) is 0 Å². The number of nitrogens with two attached hydrogens (primary N) is 1. The maximum Gasteiger partial charge on any atom is 0.139 e. The van der Waals surface area contributed by atoms with Crippen molar-refractivity contribution in [3.05, 3.63) is 22.8 Å². The zero-order chi connectivity index (χ0) is 9.68. The Bertz CT molecular complexity index is 409. The third kappa shape index (κ3) is 2.66. The van der Waals surface area contributed by atoms with Crippen LogP contribution in [0.5, 0.6) is 0 Å². The minimum Gasteiger partial charge on any atom is -0.383 e. The fraction of sp³-hybridized carbons (Fsp3) is 0.111. The molecule has 0 saturated heterocycles. The Balaban J connectivity index is 2.97. The average molecular weight is 192 g/mol. The van der Waals surface area contributed by atoms with E-state index in [0.717, 1.165) is 0 Å². The van der Waals surface area contributed by atoms with Crippen molar-refractivity contribution in [3.8, 4) is 17.9 Å². The fourth-order valence-corrected chi connectivity index (χ4v) is 0.887. The molecule has 0 aliphatic heterocycles. The molecule has 13 heavy (non-hydrogen) atoms. The number of nitriles is 1. The van der Waals surface area contributed by atoms with Gasteiger partial charge < -0.3 is 5.73 Å². The second-order valence-electron chi connectivity index (χ2n) is 2.22. The number of pyridine rings is 1. The number of anilines is 1. The fourth-order valence-electron chi connectivity index (χ4n) is 0.729. The Morgan fingerprint density at radius 1 is 1.62 bits per heavy atom. The summed E-state index contributed by atoms with van der Waals surface area (Å²) in [6.45, 7) is 0. The van der Waals surface area contributed by atoms with Crippen molar-refractivity contribution in [1.82, 2.24) is 4.98 Å². The van der Waals surface area contributed by atoms with Crippen LogP contribution in [0.1, 0.15) is 12.0 Å². The van der Waals surface area contributed by atoms with Gasteiger partial charge in [0, 0.05) is 6.20 Å². The van der Waals surface area contributed by atoms with Crippen molar-refractivity contribution in [2.45, 2.75) is 6.42 Å². The number of hydrogen-bond donors (Lipinski definition) is 1. The molecule has 0 bridgehead atoms. The first kappa shape index (κ1) is 9.38. The van der Waals surface area contributed by atoms with E-state index in [9.17, 15) is 0 Å². The van der Waals surface area contributed by atoms with Gasteiger partial charge in [0.1, 0.15) is 5.82 Å². The molecule has 64 valence electrons. The van der Waals surface area contributed by atoms with Gasteiger partial charge in [-0.05, 0) is 6.07 Å². The van der Waals surface area contributed by atoms with E-state index in [1.165, 1.54) is 6.20 Å². The van der Waals surface area contributed by atoms with Gasteiger partial charge in [0.2, 0.25) is 0 Å². The largest absolute Gasteiger partial charge is 0.383 e. The van der Waals surface area contributed by atoms with Crippen molar-refractivity contribution < 1.29 is 0 Å². The molecular formula is C9H6ClN3. The van der Waals surface area contributed by atoms with Gasteiger partial charge in [-0.3, -0.25) is 0 Å². The van der Waals surface area contributed by atoms with Gasteiger partial charge in [-0.2, -0.15) is 5.26 Å². The molecule has 0 saturated carbocycles. The highest BCUT2D eigenvalue weighted by molar-refractivity contribution is 6.30. The normalized spacial score (nSPS) is 8.31. The Morgan fingerprint density at radius 3 is 3.08 bits per heavy atom. The highest BCUT2D eigenvalue weighted by Crippen LogP contribution is 2.13. The van der Waals surface area contributed by atoms with Crippen molar-refractivity contribution in [2.75, 3.05) is 5.73 Å². The van der Waals surface area contributed by atoms with Crippen LogP contribution < -0.4 is 5.73 Å². The van der Waals surface area contributed by atoms with Crippen LogP contribution in [0.3, 0.4) is 0 Å². The Hall–Kier alpha value is -1.71. The molecule has 1 heterocycles. The van der Waals surface area contributed by atoms with Gasteiger partial charge in [-0.15, -0.1) is 0 Å². The van der Waals surface area contributed by atoms with Crippen molar-refractivity contribution >= 4 is 17.4 Å². The Kier molecular flexibility index (Phi) is 3.14. The molecule has 0 aliphatic rings. The number of aromatic nitrogens is 1. The lowest BCUT2D eigenvalue weighted by Gasteiger charge is -1.95. The van der Waals surface area contributed by atoms with Gasteiger partial charge in [0.15, 0.2) is 0 Å². The number of halogens is 1. The number of rotatable bonds is 0. The monoisotopic (exact) mass is 191 g/mol. The lowest BCUT2D eigenvalue weighted by Crippen LogP contribution is -1.93. The molecule has 1 aromatic heterocycles. The zero-order valence-electron chi connectivity index (χ0n) is 6.71. The molecule has 3 nitrogen and oxygen atoms in total. The molecule has 1 rings (SSSR count).